The zero-order valence-corrected chi connectivity index (χ0v) is 16.3. The van der Waals surface area contributed by atoms with Gasteiger partial charge in [0, 0.05) is 23.2 Å². The Morgan fingerprint density at radius 3 is 2.54 bits per heavy atom. The summed E-state index contributed by atoms with van der Waals surface area (Å²) in [4.78, 5) is 12.3. The topological polar surface area (TPSA) is 65.4 Å². The molecular formula is C21H20ClN3O3. The fourth-order valence-corrected chi connectivity index (χ4v) is 2.81. The Balaban J connectivity index is 1.70. The van der Waals surface area contributed by atoms with Gasteiger partial charge in [-0.3, -0.25) is 4.79 Å². The van der Waals surface area contributed by atoms with E-state index in [0.717, 1.165) is 11.1 Å². The average molecular weight is 398 g/mol. The Bertz CT molecular complexity index is 976. The second-order valence-electron chi connectivity index (χ2n) is 5.93. The van der Waals surface area contributed by atoms with E-state index >= 15 is 0 Å². The number of carbonyl (C=O) groups is 1. The number of carbonyl (C=O) groups excluding carboxylic acids is 1. The van der Waals surface area contributed by atoms with Crippen LogP contribution in [-0.2, 0) is 11.3 Å². The van der Waals surface area contributed by atoms with Crippen molar-refractivity contribution in [2.45, 2.75) is 6.54 Å². The standard InChI is InChI=1S/C21H20ClN3O3/c1-27-17-11-15(12-18(13-17)28-2)7-8-21(26)24-20-9-10-23-25(20)14-16-5-3-4-6-19(16)22/h3-13H,14H2,1-2H3,(H,24,26). The second kappa shape index (κ2) is 9.10. The van der Waals surface area contributed by atoms with Crippen LogP contribution in [0.1, 0.15) is 11.1 Å². The van der Waals surface area contributed by atoms with Crippen molar-refractivity contribution < 1.29 is 14.3 Å². The monoisotopic (exact) mass is 397 g/mol. The molecule has 2 aromatic carbocycles. The van der Waals surface area contributed by atoms with E-state index in [2.05, 4.69) is 10.4 Å². The van der Waals surface area contributed by atoms with Crippen LogP contribution in [0.5, 0.6) is 11.5 Å². The van der Waals surface area contributed by atoms with Crippen molar-refractivity contribution in [1.82, 2.24) is 9.78 Å². The van der Waals surface area contributed by atoms with Crippen LogP contribution in [0.3, 0.4) is 0 Å². The minimum atomic E-state index is -0.275. The number of methoxy groups -OCH3 is 2. The van der Waals surface area contributed by atoms with Gasteiger partial charge >= 0.3 is 0 Å². The number of hydrogen-bond acceptors (Lipinski definition) is 4. The highest BCUT2D eigenvalue weighted by molar-refractivity contribution is 6.31. The molecule has 0 fully saturated rings. The Morgan fingerprint density at radius 1 is 1.14 bits per heavy atom. The summed E-state index contributed by atoms with van der Waals surface area (Å²) in [7, 11) is 3.16. The highest BCUT2D eigenvalue weighted by atomic mass is 35.5. The molecule has 0 spiro atoms. The molecular weight excluding hydrogens is 378 g/mol. The molecule has 28 heavy (non-hydrogen) atoms. The van der Waals surface area contributed by atoms with Gasteiger partial charge in [0.25, 0.3) is 0 Å². The van der Waals surface area contributed by atoms with E-state index in [1.54, 1.807) is 43.3 Å². The van der Waals surface area contributed by atoms with E-state index in [1.807, 2.05) is 36.4 Å². The van der Waals surface area contributed by atoms with Crippen LogP contribution in [-0.4, -0.2) is 29.9 Å². The fraction of sp³-hybridized carbons (Fsp3) is 0.143. The van der Waals surface area contributed by atoms with E-state index < -0.39 is 0 Å². The van der Waals surface area contributed by atoms with Crippen molar-refractivity contribution in [2.24, 2.45) is 0 Å². The molecule has 3 aromatic rings. The molecule has 1 heterocycles. The Labute approximate surface area is 168 Å². The molecule has 0 bridgehead atoms. The summed E-state index contributed by atoms with van der Waals surface area (Å²) >= 11 is 6.21. The number of ether oxygens (including phenoxy) is 2. The number of aromatic nitrogens is 2. The minimum absolute atomic E-state index is 0.275. The van der Waals surface area contributed by atoms with E-state index in [4.69, 9.17) is 21.1 Å². The lowest BCUT2D eigenvalue weighted by Crippen LogP contribution is -2.14. The lowest BCUT2D eigenvalue weighted by atomic mass is 10.2. The number of anilines is 1. The molecule has 1 aromatic heterocycles. The van der Waals surface area contributed by atoms with Crippen LogP contribution in [0.15, 0.2) is 60.8 Å². The summed E-state index contributed by atoms with van der Waals surface area (Å²) < 4.78 is 12.2. The van der Waals surface area contributed by atoms with E-state index in [0.29, 0.717) is 28.9 Å². The molecule has 0 aliphatic rings. The maximum absolute atomic E-state index is 12.3. The van der Waals surface area contributed by atoms with Crippen LogP contribution in [0.2, 0.25) is 5.02 Å². The SMILES string of the molecule is COc1cc(C=CC(=O)Nc2ccnn2Cc2ccccc2Cl)cc(OC)c1. The van der Waals surface area contributed by atoms with Gasteiger partial charge in [-0.15, -0.1) is 0 Å². The van der Waals surface area contributed by atoms with Crippen LogP contribution < -0.4 is 14.8 Å². The van der Waals surface area contributed by atoms with Gasteiger partial charge in [-0.05, 0) is 35.4 Å². The normalized spacial score (nSPS) is 10.8. The molecule has 3 rings (SSSR count). The van der Waals surface area contributed by atoms with Crippen molar-refractivity contribution in [3.8, 4) is 11.5 Å². The number of halogens is 1. The third-order valence-electron chi connectivity index (χ3n) is 4.05. The average Bonchev–Trinajstić information content (AvgIpc) is 3.14. The number of nitrogens with zero attached hydrogens (tertiary/aromatic N) is 2. The zero-order chi connectivity index (χ0) is 19.9. The maximum Gasteiger partial charge on any atom is 0.249 e. The molecule has 0 saturated heterocycles. The van der Waals surface area contributed by atoms with Crippen LogP contribution in [0, 0.1) is 0 Å². The maximum atomic E-state index is 12.3. The molecule has 0 saturated carbocycles. The van der Waals surface area contributed by atoms with Crippen LogP contribution in [0.25, 0.3) is 6.08 Å². The Kier molecular flexibility index (Phi) is 6.34. The third kappa shape index (κ3) is 4.92. The van der Waals surface area contributed by atoms with Gasteiger partial charge in [-0.1, -0.05) is 29.8 Å². The molecule has 0 radical (unpaired) electrons. The molecule has 144 valence electrons. The Hall–Kier alpha value is -3.25. The molecule has 1 amide bonds. The van der Waals surface area contributed by atoms with Gasteiger partial charge in [-0.2, -0.15) is 5.10 Å². The molecule has 7 heteroatoms. The predicted octanol–water partition coefficient (Wildman–Crippen LogP) is 4.25. The number of nitrogens with one attached hydrogen (secondary N) is 1. The van der Waals surface area contributed by atoms with Crippen molar-refractivity contribution in [1.29, 1.82) is 0 Å². The third-order valence-corrected chi connectivity index (χ3v) is 4.42. The van der Waals surface area contributed by atoms with E-state index in [1.165, 1.54) is 6.08 Å². The van der Waals surface area contributed by atoms with Crippen molar-refractivity contribution >= 4 is 29.4 Å². The van der Waals surface area contributed by atoms with Gasteiger partial charge in [0.1, 0.15) is 17.3 Å². The van der Waals surface area contributed by atoms with Crippen LogP contribution >= 0.6 is 11.6 Å². The lowest BCUT2D eigenvalue weighted by Gasteiger charge is -2.09. The summed E-state index contributed by atoms with van der Waals surface area (Å²) in [5, 5.41) is 7.74. The van der Waals surface area contributed by atoms with Gasteiger partial charge in [0.2, 0.25) is 5.91 Å². The van der Waals surface area contributed by atoms with E-state index in [-0.39, 0.29) is 5.91 Å². The molecule has 6 nitrogen and oxygen atoms in total. The lowest BCUT2D eigenvalue weighted by molar-refractivity contribution is -0.111. The first-order valence-corrected chi connectivity index (χ1v) is 8.94. The molecule has 0 aliphatic carbocycles. The zero-order valence-electron chi connectivity index (χ0n) is 15.6. The van der Waals surface area contributed by atoms with Crippen LogP contribution in [0.4, 0.5) is 5.82 Å². The van der Waals surface area contributed by atoms with Crippen molar-refractivity contribution in [3.63, 3.8) is 0 Å². The molecule has 1 N–H and O–H groups in total. The van der Waals surface area contributed by atoms with Gasteiger partial charge < -0.3 is 14.8 Å². The van der Waals surface area contributed by atoms with Crippen molar-refractivity contribution in [2.75, 3.05) is 19.5 Å². The number of rotatable bonds is 7. The smallest absolute Gasteiger partial charge is 0.249 e. The summed E-state index contributed by atoms with van der Waals surface area (Å²) in [6.07, 6.45) is 4.76. The fourth-order valence-electron chi connectivity index (χ4n) is 2.62. The molecule has 0 unspecified atom stereocenters. The first-order valence-electron chi connectivity index (χ1n) is 8.56. The number of amides is 1. The largest absolute Gasteiger partial charge is 0.497 e. The summed E-state index contributed by atoms with van der Waals surface area (Å²) in [6, 6.07) is 14.7. The second-order valence-corrected chi connectivity index (χ2v) is 6.34. The minimum Gasteiger partial charge on any atom is -0.497 e. The summed E-state index contributed by atoms with van der Waals surface area (Å²) in [5.74, 6) is 1.61. The molecule has 0 aliphatic heterocycles. The quantitative estimate of drug-likeness (QED) is 0.605. The molecule has 0 atom stereocenters. The van der Waals surface area contributed by atoms with Gasteiger partial charge in [0.05, 0.1) is 27.0 Å². The highest BCUT2D eigenvalue weighted by Crippen LogP contribution is 2.23. The van der Waals surface area contributed by atoms with E-state index in [9.17, 15) is 4.79 Å². The highest BCUT2D eigenvalue weighted by Gasteiger charge is 2.08. The number of benzene rings is 2. The predicted molar refractivity (Wildman–Crippen MR) is 110 cm³/mol. The first-order chi connectivity index (χ1) is 13.6. The van der Waals surface area contributed by atoms with Gasteiger partial charge in [-0.25, -0.2) is 4.68 Å². The first kappa shape index (κ1) is 19.5. The number of hydrogen-bond donors (Lipinski definition) is 1. The van der Waals surface area contributed by atoms with Gasteiger partial charge in [0.15, 0.2) is 0 Å². The van der Waals surface area contributed by atoms with Crippen molar-refractivity contribution in [3.05, 3.63) is 77.0 Å². The summed E-state index contributed by atoms with van der Waals surface area (Å²) in [5.41, 5.74) is 1.71. The summed E-state index contributed by atoms with van der Waals surface area (Å²) in [6.45, 7) is 0.457. The Morgan fingerprint density at radius 2 is 1.86 bits per heavy atom.